The normalized spacial score (nSPS) is 21.7. The second-order valence-corrected chi connectivity index (χ2v) is 5.85. The highest BCUT2D eigenvalue weighted by Gasteiger charge is 2.27. The van der Waals surface area contributed by atoms with E-state index in [2.05, 4.69) is 5.16 Å². The van der Waals surface area contributed by atoms with Gasteiger partial charge in [-0.25, -0.2) is 0 Å². The average Bonchev–Trinajstić information content (AvgIpc) is 3.19. The first-order valence-electron chi connectivity index (χ1n) is 7.59. The number of rotatable bonds is 4. The van der Waals surface area contributed by atoms with Crippen molar-refractivity contribution in [2.45, 2.75) is 31.8 Å². The predicted octanol–water partition coefficient (Wildman–Crippen LogP) is 2.56. The van der Waals surface area contributed by atoms with E-state index in [1.54, 1.807) is 30.1 Å². The van der Waals surface area contributed by atoms with Crippen molar-refractivity contribution in [3.8, 4) is 11.5 Å². The van der Waals surface area contributed by atoms with Gasteiger partial charge in [0, 0.05) is 25.6 Å². The molecule has 0 bridgehead atoms. The van der Waals surface area contributed by atoms with E-state index in [4.69, 9.17) is 8.94 Å². The monoisotopic (exact) mass is 304 g/mol. The Labute approximate surface area is 128 Å². The maximum Gasteiger partial charge on any atom is 0.275 e. The van der Waals surface area contributed by atoms with Crippen LogP contribution in [-0.2, 0) is 0 Å². The van der Waals surface area contributed by atoms with Crippen molar-refractivity contribution in [2.75, 3.05) is 13.6 Å². The van der Waals surface area contributed by atoms with Crippen molar-refractivity contribution in [3.05, 3.63) is 30.2 Å². The van der Waals surface area contributed by atoms with Crippen molar-refractivity contribution >= 4 is 5.91 Å². The molecule has 0 aliphatic heterocycles. The Morgan fingerprint density at radius 1 is 1.41 bits per heavy atom. The number of aliphatic hydroxyl groups excluding tert-OH is 1. The number of furan rings is 1. The zero-order valence-electron chi connectivity index (χ0n) is 12.6. The lowest BCUT2D eigenvalue weighted by Gasteiger charge is -2.30. The fourth-order valence-corrected chi connectivity index (χ4v) is 2.94. The fraction of sp³-hybridized carbons (Fsp3) is 0.500. The Kier molecular flexibility index (Phi) is 4.29. The lowest BCUT2D eigenvalue weighted by molar-refractivity contribution is 0.0447. The first kappa shape index (κ1) is 14.8. The molecule has 0 spiro atoms. The number of hydrogen-bond donors (Lipinski definition) is 1. The van der Waals surface area contributed by atoms with Gasteiger partial charge in [-0.3, -0.25) is 4.79 Å². The number of nitrogens with zero attached hydrogens (tertiary/aromatic N) is 2. The maximum absolute atomic E-state index is 12.4. The molecule has 2 unspecified atom stereocenters. The van der Waals surface area contributed by atoms with Crippen molar-refractivity contribution in [1.82, 2.24) is 10.1 Å². The largest absolute Gasteiger partial charge is 0.461 e. The van der Waals surface area contributed by atoms with Crippen LogP contribution in [0.5, 0.6) is 0 Å². The van der Waals surface area contributed by atoms with Crippen LogP contribution in [0.3, 0.4) is 0 Å². The highest BCUT2D eigenvalue weighted by molar-refractivity contribution is 5.92. The molecule has 3 rings (SSSR count). The molecule has 1 N–H and O–H groups in total. The molecule has 2 heterocycles. The van der Waals surface area contributed by atoms with Gasteiger partial charge in [-0.1, -0.05) is 18.0 Å². The first-order valence-corrected chi connectivity index (χ1v) is 7.59. The number of carbonyl (C=O) groups excluding carboxylic acids is 1. The van der Waals surface area contributed by atoms with E-state index in [1.165, 1.54) is 6.26 Å². The Hall–Kier alpha value is -2.08. The van der Waals surface area contributed by atoms with E-state index < -0.39 is 0 Å². The summed E-state index contributed by atoms with van der Waals surface area (Å²) in [6.07, 6.45) is 5.16. The molecule has 22 heavy (non-hydrogen) atoms. The molecule has 6 heteroatoms. The molecule has 1 aliphatic carbocycles. The van der Waals surface area contributed by atoms with Crippen LogP contribution < -0.4 is 0 Å². The standard InChI is InChI=1S/C16H20N2O4/c1-18(10-11-5-2-3-6-13(11)19)16(20)12-9-15(22-17-12)14-7-4-8-21-14/h4,7-9,11,13,19H,2-3,5-6,10H2,1H3. The molecule has 0 aromatic carbocycles. The number of aliphatic hydroxyl groups is 1. The third-order valence-electron chi connectivity index (χ3n) is 4.22. The number of amides is 1. The van der Waals surface area contributed by atoms with E-state index >= 15 is 0 Å². The van der Waals surface area contributed by atoms with E-state index in [1.807, 2.05) is 0 Å². The minimum absolute atomic E-state index is 0.138. The summed E-state index contributed by atoms with van der Waals surface area (Å²) in [5.41, 5.74) is 0.249. The Balaban J connectivity index is 1.65. The van der Waals surface area contributed by atoms with Crippen molar-refractivity contribution in [1.29, 1.82) is 0 Å². The quantitative estimate of drug-likeness (QED) is 0.939. The lowest BCUT2D eigenvalue weighted by Crippen LogP contribution is -2.38. The second kappa shape index (κ2) is 6.36. The number of aromatic nitrogens is 1. The number of carbonyl (C=O) groups is 1. The second-order valence-electron chi connectivity index (χ2n) is 5.85. The minimum Gasteiger partial charge on any atom is -0.461 e. The van der Waals surface area contributed by atoms with Crippen LogP contribution in [0.2, 0.25) is 0 Å². The van der Waals surface area contributed by atoms with Gasteiger partial charge in [0.2, 0.25) is 5.76 Å². The highest BCUT2D eigenvalue weighted by atomic mass is 16.5. The van der Waals surface area contributed by atoms with Crippen LogP contribution in [0.4, 0.5) is 0 Å². The predicted molar refractivity (Wildman–Crippen MR) is 79.1 cm³/mol. The lowest BCUT2D eigenvalue weighted by atomic mass is 9.86. The summed E-state index contributed by atoms with van der Waals surface area (Å²) < 4.78 is 10.4. The summed E-state index contributed by atoms with van der Waals surface area (Å²) in [7, 11) is 1.73. The molecule has 0 saturated heterocycles. The van der Waals surface area contributed by atoms with Crippen molar-refractivity contribution in [3.63, 3.8) is 0 Å². The SMILES string of the molecule is CN(CC1CCCCC1O)C(=O)c1cc(-c2ccco2)on1. The van der Waals surface area contributed by atoms with Gasteiger partial charge in [-0.15, -0.1) is 0 Å². The van der Waals surface area contributed by atoms with E-state index in [9.17, 15) is 9.90 Å². The van der Waals surface area contributed by atoms with Gasteiger partial charge in [-0.2, -0.15) is 0 Å². The van der Waals surface area contributed by atoms with Crippen molar-refractivity contribution in [2.24, 2.45) is 5.92 Å². The van der Waals surface area contributed by atoms with Crippen LogP contribution in [-0.4, -0.2) is 40.8 Å². The van der Waals surface area contributed by atoms with E-state index in [0.717, 1.165) is 25.7 Å². The Morgan fingerprint density at radius 3 is 2.95 bits per heavy atom. The molecular formula is C16H20N2O4. The number of hydrogen-bond acceptors (Lipinski definition) is 5. The third kappa shape index (κ3) is 3.06. The van der Waals surface area contributed by atoms with Crippen molar-refractivity contribution < 1.29 is 18.8 Å². The summed E-state index contributed by atoms with van der Waals surface area (Å²) >= 11 is 0. The topological polar surface area (TPSA) is 79.7 Å². The summed E-state index contributed by atoms with van der Waals surface area (Å²) in [6, 6.07) is 5.07. The Morgan fingerprint density at radius 2 is 2.23 bits per heavy atom. The van der Waals surface area contributed by atoms with Crippen LogP contribution in [0, 0.1) is 5.92 Å². The fourth-order valence-electron chi connectivity index (χ4n) is 2.94. The summed E-state index contributed by atoms with van der Waals surface area (Å²) in [5, 5.41) is 13.8. The van der Waals surface area contributed by atoms with Gasteiger partial charge in [0.1, 0.15) is 0 Å². The first-order chi connectivity index (χ1) is 10.6. The summed E-state index contributed by atoms with van der Waals surface area (Å²) in [5.74, 6) is 0.898. The molecule has 0 radical (unpaired) electrons. The molecule has 1 amide bonds. The van der Waals surface area contributed by atoms with Gasteiger partial charge in [0.05, 0.1) is 12.4 Å². The summed E-state index contributed by atoms with van der Waals surface area (Å²) in [4.78, 5) is 14.0. The Bertz CT molecular complexity index is 620. The molecule has 1 aliphatic rings. The maximum atomic E-state index is 12.4. The van der Waals surface area contributed by atoms with Gasteiger partial charge in [0.15, 0.2) is 11.5 Å². The zero-order chi connectivity index (χ0) is 15.5. The molecular weight excluding hydrogens is 284 g/mol. The molecule has 2 aromatic rings. The minimum atomic E-state index is -0.319. The van der Waals surface area contributed by atoms with Gasteiger partial charge in [-0.05, 0) is 25.0 Å². The molecule has 118 valence electrons. The van der Waals surface area contributed by atoms with Crippen LogP contribution in [0.25, 0.3) is 11.5 Å². The smallest absolute Gasteiger partial charge is 0.275 e. The summed E-state index contributed by atoms with van der Waals surface area (Å²) in [6.45, 7) is 0.531. The van der Waals surface area contributed by atoms with Gasteiger partial charge in [0.25, 0.3) is 5.91 Å². The zero-order valence-corrected chi connectivity index (χ0v) is 12.6. The molecule has 1 saturated carbocycles. The van der Waals surface area contributed by atoms with Crippen LogP contribution >= 0.6 is 0 Å². The van der Waals surface area contributed by atoms with Crippen LogP contribution in [0.15, 0.2) is 33.4 Å². The van der Waals surface area contributed by atoms with E-state index in [-0.39, 0.29) is 23.6 Å². The highest BCUT2D eigenvalue weighted by Crippen LogP contribution is 2.26. The molecule has 2 atom stereocenters. The van der Waals surface area contributed by atoms with Gasteiger partial charge < -0.3 is 18.9 Å². The third-order valence-corrected chi connectivity index (χ3v) is 4.22. The van der Waals surface area contributed by atoms with Crippen LogP contribution in [0.1, 0.15) is 36.2 Å². The van der Waals surface area contributed by atoms with Gasteiger partial charge >= 0.3 is 0 Å². The molecule has 6 nitrogen and oxygen atoms in total. The molecule has 2 aromatic heterocycles. The molecule has 1 fully saturated rings. The van der Waals surface area contributed by atoms with E-state index in [0.29, 0.717) is 18.1 Å². The average molecular weight is 304 g/mol.